The molecule has 5 heteroatoms. The SMILES string of the molecule is Cc1csc(Sc2ccc(C=O)cc2C#N)n1. The first-order valence-electron chi connectivity index (χ1n) is 4.82. The Kier molecular flexibility index (Phi) is 3.57. The highest BCUT2D eigenvalue weighted by Crippen LogP contribution is 2.32. The van der Waals surface area contributed by atoms with E-state index in [0.29, 0.717) is 11.1 Å². The van der Waals surface area contributed by atoms with E-state index in [1.54, 1.807) is 29.5 Å². The molecule has 1 aromatic heterocycles. The Labute approximate surface area is 107 Å². The smallest absolute Gasteiger partial charge is 0.154 e. The van der Waals surface area contributed by atoms with Gasteiger partial charge < -0.3 is 0 Å². The molecule has 2 rings (SSSR count). The molecule has 0 aliphatic heterocycles. The van der Waals surface area contributed by atoms with Crippen LogP contribution in [0.15, 0.2) is 32.8 Å². The maximum Gasteiger partial charge on any atom is 0.154 e. The first-order chi connectivity index (χ1) is 8.22. The van der Waals surface area contributed by atoms with Crippen molar-refractivity contribution in [1.29, 1.82) is 5.26 Å². The third-order valence-electron chi connectivity index (χ3n) is 2.06. The van der Waals surface area contributed by atoms with Gasteiger partial charge in [-0.3, -0.25) is 4.79 Å². The van der Waals surface area contributed by atoms with Gasteiger partial charge in [-0.05, 0) is 19.1 Å². The Morgan fingerprint density at radius 2 is 2.35 bits per heavy atom. The highest BCUT2D eigenvalue weighted by molar-refractivity contribution is 8.01. The van der Waals surface area contributed by atoms with Gasteiger partial charge in [-0.25, -0.2) is 4.98 Å². The van der Waals surface area contributed by atoms with E-state index in [4.69, 9.17) is 5.26 Å². The number of nitriles is 1. The summed E-state index contributed by atoms with van der Waals surface area (Å²) in [7, 11) is 0. The molecular weight excluding hydrogens is 252 g/mol. The molecule has 3 nitrogen and oxygen atoms in total. The molecule has 17 heavy (non-hydrogen) atoms. The van der Waals surface area contributed by atoms with Crippen molar-refractivity contribution in [2.75, 3.05) is 0 Å². The molecule has 0 aliphatic carbocycles. The molecule has 0 aliphatic rings. The highest BCUT2D eigenvalue weighted by Gasteiger charge is 2.07. The quantitative estimate of drug-likeness (QED) is 0.795. The summed E-state index contributed by atoms with van der Waals surface area (Å²) in [5, 5.41) is 11.0. The van der Waals surface area contributed by atoms with Crippen molar-refractivity contribution in [3.8, 4) is 6.07 Å². The van der Waals surface area contributed by atoms with Crippen LogP contribution in [0.25, 0.3) is 0 Å². The standard InChI is InChI=1S/C12H8N2OS2/c1-8-7-16-12(14-8)17-11-3-2-9(6-15)4-10(11)5-13/h2-4,6-7H,1H3. The number of hydrogen-bond donors (Lipinski definition) is 0. The third-order valence-corrected chi connectivity index (χ3v) is 4.19. The average molecular weight is 260 g/mol. The number of carbonyl (C=O) groups excluding carboxylic acids is 1. The van der Waals surface area contributed by atoms with Crippen molar-refractivity contribution in [3.63, 3.8) is 0 Å². The van der Waals surface area contributed by atoms with Crippen LogP contribution in [-0.2, 0) is 0 Å². The van der Waals surface area contributed by atoms with Gasteiger partial charge in [0.2, 0.25) is 0 Å². The molecular formula is C12H8N2OS2. The van der Waals surface area contributed by atoms with Gasteiger partial charge >= 0.3 is 0 Å². The van der Waals surface area contributed by atoms with Crippen LogP contribution in [0.5, 0.6) is 0 Å². The fraction of sp³-hybridized carbons (Fsp3) is 0.0833. The molecule has 2 aromatic rings. The first kappa shape index (κ1) is 11.8. The van der Waals surface area contributed by atoms with Gasteiger partial charge in [0.1, 0.15) is 12.4 Å². The lowest BCUT2D eigenvalue weighted by molar-refractivity contribution is 0.112. The number of carbonyl (C=O) groups is 1. The summed E-state index contributed by atoms with van der Waals surface area (Å²) >= 11 is 2.99. The van der Waals surface area contributed by atoms with Crippen LogP contribution < -0.4 is 0 Å². The average Bonchev–Trinajstić information content (AvgIpc) is 2.75. The number of aldehydes is 1. The maximum absolute atomic E-state index is 10.6. The Morgan fingerprint density at radius 3 is 2.94 bits per heavy atom. The number of rotatable bonds is 3. The number of aryl methyl sites for hydroxylation is 1. The third kappa shape index (κ3) is 2.73. The Morgan fingerprint density at radius 1 is 1.53 bits per heavy atom. The van der Waals surface area contributed by atoms with Crippen LogP contribution in [0.3, 0.4) is 0 Å². The van der Waals surface area contributed by atoms with Crippen LogP contribution in [0.1, 0.15) is 21.6 Å². The van der Waals surface area contributed by atoms with Crippen molar-refractivity contribution < 1.29 is 4.79 Å². The van der Waals surface area contributed by atoms with Crippen LogP contribution >= 0.6 is 23.1 Å². The summed E-state index contributed by atoms with van der Waals surface area (Å²) in [6.07, 6.45) is 0.739. The van der Waals surface area contributed by atoms with Gasteiger partial charge in [-0.1, -0.05) is 17.8 Å². The fourth-order valence-corrected chi connectivity index (χ4v) is 3.13. The van der Waals surface area contributed by atoms with Gasteiger partial charge in [-0.2, -0.15) is 5.26 Å². The zero-order valence-corrected chi connectivity index (χ0v) is 10.6. The van der Waals surface area contributed by atoms with E-state index in [1.165, 1.54) is 11.8 Å². The Hall–Kier alpha value is -1.64. The van der Waals surface area contributed by atoms with Gasteiger partial charge in [0, 0.05) is 21.5 Å². The molecule has 0 atom stereocenters. The number of nitrogens with zero attached hydrogens (tertiary/aromatic N) is 2. The zero-order chi connectivity index (χ0) is 12.3. The van der Waals surface area contributed by atoms with Gasteiger partial charge in [0.05, 0.1) is 5.56 Å². The van der Waals surface area contributed by atoms with Crippen molar-refractivity contribution in [2.45, 2.75) is 16.2 Å². The summed E-state index contributed by atoms with van der Waals surface area (Å²) in [6.45, 7) is 1.93. The van der Waals surface area contributed by atoms with Crippen molar-refractivity contribution in [1.82, 2.24) is 4.98 Å². The minimum absolute atomic E-state index is 0.507. The second kappa shape index (κ2) is 5.13. The number of benzene rings is 1. The zero-order valence-electron chi connectivity index (χ0n) is 9.01. The summed E-state index contributed by atoms with van der Waals surface area (Å²) in [5.74, 6) is 0. The normalized spacial score (nSPS) is 9.88. The maximum atomic E-state index is 10.6. The van der Waals surface area contributed by atoms with E-state index >= 15 is 0 Å². The monoisotopic (exact) mass is 260 g/mol. The minimum atomic E-state index is 0.507. The summed E-state index contributed by atoms with van der Waals surface area (Å²) in [5.41, 5.74) is 1.99. The summed E-state index contributed by atoms with van der Waals surface area (Å²) in [4.78, 5) is 15.8. The van der Waals surface area contributed by atoms with Crippen LogP contribution in [0.4, 0.5) is 0 Å². The fourth-order valence-electron chi connectivity index (χ4n) is 1.27. The molecule has 0 unspecified atom stereocenters. The lowest BCUT2D eigenvalue weighted by Gasteiger charge is -2.01. The Bertz CT molecular complexity index is 599. The highest BCUT2D eigenvalue weighted by atomic mass is 32.2. The Balaban J connectivity index is 2.33. The molecule has 1 heterocycles. The van der Waals surface area contributed by atoms with E-state index in [2.05, 4.69) is 11.1 Å². The van der Waals surface area contributed by atoms with E-state index in [9.17, 15) is 4.79 Å². The van der Waals surface area contributed by atoms with Crippen LogP contribution in [0.2, 0.25) is 0 Å². The van der Waals surface area contributed by atoms with E-state index in [-0.39, 0.29) is 0 Å². The molecule has 0 saturated heterocycles. The van der Waals surface area contributed by atoms with E-state index in [0.717, 1.165) is 21.2 Å². The number of hydrogen-bond acceptors (Lipinski definition) is 5. The molecule has 0 spiro atoms. The molecule has 0 saturated carbocycles. The topological polar surface area (TPSA) is 53.8 Å². The molecule has 0 amide bonds. The van der Waals surface area contributed by atoms with Gasteiger partial charge in [0.25, 0.3) is 0 Å². The first-order valence-corrected chi connectivity index (χ1v) is 6.52. The molecule has 0 radical (unpaired) electrons. The number of aromatic nitrogens is 1. The predicted molar refractivity (Wildman–Crippen MR) is 67.5 cm³/mol. The predicted octanol–water partition coefficient (Wildman–Crippen LogP) is 3.29. The van der Waals surface area contributed by atoms with Crippen molar-refractivity contribution in [3.05, 3.63) is 40.4 Å². The van der Waals surface area contributed by atoms with Gasteiger partial charge in [0.15, 0.2) is 4.34 Å². The largest absolute Gasteiger partial charge is 0.298 e. The molecule has 1 aromatic carbocycles. The van der Waals surface area contributed by atoms with Gasteiger partial charge in [-0.15, -0.1) is 11.3 Å². The molecule has 0 bridgehead atoms. The lowest BCUT2D eigenvalue weighted by Crippen LogP contribution is -1.86. The molecule has 0 fully saturated rings. The van der Waals surface area contributed by atoms with Crippen molar-refractivity contribution >= 4 is 29.4 Å². The van der Waals surface area contributed by atoms with Crippen LogP contribution in [-0.4, -0.2) is 11.3 Å². The van der Waals surface area contributed by atoms with E-state index in [1.807, 2.05) is 12.3 Å². The minimum Gasteiger partial charge on any atom is -0.298 e. The van der Waals surface area contributed by atoms with Crippen molar-refractivity contribution in [2.24, 2.45) is 0 Å². The summed E-state index contributed by atoms with van der Waals surface area (Å²) in [6, 6.07) is 7.17. The van der Waals surface area contributed by atoms with E-state index < -0.39 is 0 Å². The van der Waals surface area contributed by atoms with Crippen LogP contribution in [0, 0.1) is 18.3 Å². The molecule has 84 valence electrons. The molecule has 0 N–H and O–H groups in total. The summed E-state index contributed by atoms with van der Waals surface area (Å²) < 4.78 is 0.901. The second-order valence-electron chi connectivity index (χ2n) is 3.34. The lowest BCUT2D eigenvalue weighted by atomic mass is 10.1. The second-order valence-corrected chi connectivity index (χ2v) is 5.49. The number of thiazole rings is 1.